The summed E-state index contributed by atoms with van der Waals surface area (Å²) in [6, 6.07) is 4.22. The van der Waals surface area contributed by atoms with E-state index in [9.17, 15) is 4.79 Å². The Labute approximate surface area is 95.7 Å². The van der Waals surface area contributed by atoms with Crippen LogP contribution in [0.1, 0.15) is 31.4 Å². The number of hydrogen-bond acceptors (Lipinski definition) is 3. The predicted octanol–water partition coefficient (Wildman–Crippen LogP) is 1.81. The van der Waals surface area contributed by atoms with Crippen molar-refractivity contribution in [3.63, 3.8) is 0 Å². The molecule has 1 atom stereocenters. The Kier molecular flexibility index (Phi) is 3.08. The number of nitrogens with one attached hydrogen (secondary N) is 1. The first-order chi connectivity index (χ1) is 7.72. The molecule has 1 aliphatic heterocycles. The fraction of sp³-hybridized carbons (Fsp3) is 0.500. The van der Waals surface area contributed by atoms with Crippen molar-refractivity contribution in [3.8, 4) is 0 Å². The minimum atomic E-state index is 0.153. The van der Waals surface area contributed by atoms with Gasteiger partial charge in [0.05, 0.1) is 6.04 Å². The van der Waals surface area contributed by atoms with Crippen LogP contribution in [0.5, 0.6) is 0 Å². The summed E-state index contributed by atoms with van der Waals surface area (Å²) >= 11 is 0. The lowest BCUT2D eigenvalue weighted by Crippen LogP contribution is -2.28. The number of aromatic nitrogens is 1. The van der Waals surface area contributed by atoms with Crippen LogP contribution in [0, 0.1) is 0 Å². The van der Waals surface area contributed by atoms with Crippen molar-refractivity contribution >= 4 is 11.7 Å². The minimum absolute atomic E-state index is 0.153. The summed E-state index contributed by atoms with van der Waals surface area (Å²) in [6.07, 6.45) is 3.98. The van der Waals surface area contributed by atoms with Gasteiger partial charge in [0.2, 0.25) is 5.91 Å². The maximum absolute atomic E-state index is 11.4. The molecule has 0 aliphatic carbocycles. The highest BCUT2D eigenvalue weighted by Gasteiger charge is 2.27. The zero-order valence-electron chi connectivity index (χ0n) is 9.73. The Morgan fingerprint density at radius 2 is 2.38 bits per heavy atom. The third kappa shape index (κ3) is 2.01. The molecule has 2 rings (SSSR count). The first-order valence-corrected chi connectivity index (χ1v) is 5.63. The van der Waals surface area contributed by atoms with Gasteiger partial charge in [0.25, 0.3) is 0 Å². The molecule has 0 bridgehead atoms. The van der Waals surface area contributed by atoms with E-state index in [-0.39, 0.29) is 11.9 Å². The Balaban J connectivity index is 2.19. The second kappa shape index (κ2) is 4.51. The topological polar surface area (TPSA) is 45.2 Å². The highest BCUT2D eigenvalue weighted by atomic mass is 16.2. The van der Waals surface area contributed by atoms with Crippen LogP contribution in [-0.4, -0.2) is 29.4 Å². The van der Waals surface area contributed by atoms with E-state index in [1.807, 2.05) is 30.3 Å². The number of rotatable bonds is 2. The van der Waals surface area contributed by atoms with Gasteiger partial charge >= 0.3 is 0 Å². The van der Waals surface area contributed by atoms with E-state index in [4.69, 9.17) is 0 Å². The number of carbonyl (C=O) groups is 1. The Hall–Kier alpha value is -1.58. The molecular formula is C12H17N3O. The van der Waals surface area contributed by atoms with Gasteiger partial charge in [0.1, 0.15) is 5.82 Å². The first kappa shape index (κ1) is 10.9. The summed E-state index contributed by atoms with van der Waals surface area (Å²) in [6.45, 7) is 2.50. The van der Waals surface area contributed by atoms with E-state index in [1.165, 1.54) is 0 Å². The summed E-state index contributed by atoms with van der Waals surface area (Å²) < 4.78 is 0. The molecule has 1 saturated heterocycles. The Bertz CT molecular complexity index is 374. The molecule has 1 aliphatic rings. The molecule has 0 aromatic carbocycles. The number of hydrogen-bond donors (Lipinski definition) is 1. The molecule has 2 heterocycles. The molecule has 1 fully saturated rings. The summed E-state index contributed by atoms with van der Waals surface area (Å²) in [5.74, 6) is 1.01. The summed E-state index contributed by atoms with van der Waals surface area (Å²) in [5.41, 5.74) is 1.13. The van der Waals surface area contributed by atoms with Crippen molar-refractivity contribution in [2.24, 2.45) is 0 Å². The minimum Gasteiger partial charge on any atom is -0.373 e. The average Bonchev–Trinajstić information content (AvgIpc) is 2.78. The van der Waals surface area contributed by atoms with Gasteiger partial charge in [-0.15, -0.1) is 0 Å². The van der Waals surface area contributed by atoms with Gasteiger partial charge in [0, 0.05) is 26.7 Å². The smallest absolute Gasteiger partial charge is 0.219 e. The normalized spacial score (nSPS) is 19.9. The number of amides is 1. The molecule has 1 N–H and O–H groups in total. The molecule has 1 aromatic rings. The van der Waals surface area contributed by atoms with Crippen LogP contribution < -0.4 is 5.32 Å². The third-order valence-corrected chi connectivity index (χ3v) is 3.08. The number of nitrogens with zero attached hydrogens (tertiary/aromatic N) is 2. The highest BCUT2D eigenvalue weighted by molar-refractivity contribution is 5.74. The predicted molar refractivity (Wildman–Crippen MR) is 63.1 cm³/mol. The van der Waals surface area contributed by atoms with Crippen LogP contribution in [0.2, 0.25) is 0 Å². The molecule has 0 saturated carbocycles. The third-order valence-electron chi connectivity index (χ3n) is 3.08. The van der Waals surface area contributed by atoms with E-state index in [0.717, 1.165) is 30.8 Å². The van der Waals surface area contributed by atoms with Gasteiger partial charge in [-0.1, -0.05) is 6.07 Å². The van der Waals surface area contributed by atoms with E-state index in [0.29, 0.717) is 0 Å². The van der Waals surface area contributed by atoms with Crippen molar-refractivity contribution in [3.05, 3.63) is 23.9 Å². The molecular weight excluding hydrogens is 202 g/mol. The molecule has 1 unspecified atom stereocenters. The lowest BCUT2D eigenvalue weighted by Gasteiger charge is -2.23. The SMILES string of the molecule is CNc1ccc(C2CCCN2C(C)=O)cn1. The van der Waals surface area contributed by atoms with Crippen LogP contribution >= 0.6 is 0 Å². The summed E-state index contributed by atoms with van der Waals surface area (Å²) in [4.78, 5) is 17.7. The molecule has 4 heteroatoms. The fourth-order valence-electron chi connectivity index (χ4n) is 2.24. The molecule has 16 heavy (non-hydrogen) atoms. The van der Waals surface area contributed by atoms with Gasteiger partial charge < -0.3 is 10.2 Å². The van der Waals surface area contributed by atoms with Crippen LogP contribution in [0.15, 0.2) is 18.3 Å². The fourth-order valence-corrected chi connectivity index (χ4v) is 2.24. The van der Waals surface area contributed by atoms with Crippen molar-refractivity contribution in [2.45, 2.75) is 25.8 Å². The van der Waals surface area contributed by atoms with Gasteiger partial charge in [-0.25, -0.2) is 4.98 Å². The van der Waals surface area contributed by atoms with Crippen LogP contribution in [0.25, 0.3) is 0 Å². The Morgan fingerprint density at radius 1 is 1.56 bits per heavy atom. The van der Waals surface area contributed by atoms with E-state index in [2.05, 4.69) is 10.3 Å². The van der Waals surface area contributed by atoms with Crippen molar-refractivity contribution in [1.82, 2.24) is 9.88 Å². The maximum atomic E-state index is 11.4. The van der Waals surface area contributed by atoms with Gasteiger partial charge in [-0.2, -0.15) is 0 Å². The van der Waals surface area contributed by atoms with Crippen molar-refractivity contribution in [1.29, 1.82) is 0 Å². The second-order valence-electron chi connectivity index (χ2n) is 4.10. The largest absolute Gasteiger partial charge is 0.373 e. The monoisotopic (exact) mass is 219 g/mol. The van der Waals surface area contributed by atoms with Gasteiger partial charge in [0.15, 0.2) is 0 Å². The zero-order chi connectivity index (χ0) is 11.5. The zero-order valence-corrected chi connectivity index (χ0v) is 9.73. The summed E-state index contributed by atoms with van der Waals surface area (Å²) in [7, 11) is 1.85. The van der Waals surface area contributed by atoms with E-state index < -0.39 is 0 Å². The van der Waals surface area contributed by atoms with Crippen molar-refractivity contribution < 1.29 is 4.79 Å². The Morgan fingerprint density at radius 3 is 2.94 bits per heavy atom. The molecule has 1 aromatic heterocycles. The van der Waals surface area contributed by atoms with Gasteiger partial charge in [-0.3, -0.25) is 4.79 Å². The number of likely N-dealkylation sites (tertiary alicyclic amines) is 1. The van der Waals surface area contributed by atoms with E-state index >= 15 is 0 Å². The molecule has 0 spiro atoms. The summed E-state index contributed by atoms with van der Waals surface area (Å²) in [5, 5.41) is 2.99. The van der Waals surface area contributed by atoms with Crippen LogP contribution in [0.4, 0.5) is 5.82 Å². The van der Waals surface area contributed by atoms with Gasteiger partial charge in [-0.05, 0) is 24.5 Å². The average molecular weight is 219 g/mol. The van der Waals surface area contributed by atoms with Crippen LogP contribution in [0.3, 0.4) is 0 Å². The lowest BCUT2D eigenvalue weighted by molar-refractivity contribution is -0.129. The number of pyridine rings is 1. The number of carbonyl (C=O) groups excluding carboxylic acids is 1. The first-order valence-electron chi connectivity index (χ1n) is 5.63. The molecule has 1 amide bonds. The van der Waals surface area contributed by atoms with E-state index in [1.54, 1.807) is 6.92 Å². The molecule has 86 valence electrons. The maximum Gasteiger partial charge on any atom is 0.219 e. The van der Waals surface area contributed by atoms with Crippen molar-refractivity contribution in [2.75, 3.05) is 18.9 Å². The second-order valence-corrected chi connectivity index (χ2v) is 4.10. The molecule has 4 nitrogen and oxygen atoms in total. The number of anilines is 1. The quantitative estimate of drug-likeness (QED) is 0.825. The molecule has 0 radical (unpaired) electrons. The lowest BCUT2D eigenvalue weighted by atomic mass is 10.1. The highest BCUT2D eigenvalue weighted by Crippen LogP contribution is 2.31. The standard InChI is InChI=1S/C12H17N3O/c1-9(16)15-7-3-4-11(15)10-5-6-12(13-2)14-8-10/h5-6,8,11H,3-4,7H2,1-2H3,(H,13,14). The van der Waals surface area contributed by atoms with Crippen LogP contribution in [-0.2, 0) is 4.79 Å².